The van der Waals surface area contributed by atoms with Crippen LogP contribution < -0.4 is 0 Å². The zero-order valence-electron chi connectivity index (χ0n) is 12.3. The van der Waals surface area contributed by atoms with Crippen molar-refractivity contribution in [3.05, 3.63) is 34.7 Å². The maximum atomic E-state index is 5.43. The SMILES string of the molecule is Cn1nc(C2CCOCC2)nc1-c1c[nH]c2cc(Br)ccc12. The highest BCUT2D eigenvalue weighted by Crippen LogP contribution is 2.31. The van der Waals surface area contributed by atoms with E-state index in [-0.39, 0.29) is 0 Å². The van der Waals surface area contributed by atoms with E-state index in [1.54, 1.807) is 0 Å². The molecule has 22 heavy (non-hydrogen) atoms. The van der Waals surface area contributed by atoms with Gasteiger partial charge >= 0.3 is 0 Å². The molecule has 1 saturated heterocycles. The summed E-state index contributed by atoms with van der Waals surface area (Å²) in [5.74, 6) is 2.26. The average Bonchev–Trinajstić information content (AvgIpc) is 3.11. The Hall–Kier alpha value is -1.66. The van der Waals surface area contributed by atoms with Gasteiger partial charge in [0.05, 0.1) is 0 Å². The Bertz CT molecular complexity index is 817. The van der Waals surface area contributed by atoms with Gasteiger partial charge in [0.25, 0.3) is 0 Å². The quantitative estimate of drug-likeness (QED) is 0.759. The highest BCUT2D eigenvalue weighted by atomic mass is 79.9. The van der Waals surface area contributed by atoms with Gasteiger partial charge < -0.3 is 9.72 Å². The summed E-state index contributed by atoms with van der Waals surface area (Å²) >= 11 is 3.50. The number of aryl methyl sites for hydroxylation is 1. The number of halogens is 1. The van der Waals surface area contributed by atoms with Crippen LogP contribution in [0.1, 0.15) is 24.6 Å². The summed E-state index contributed by atoms with van der Waals surface area (Å²) < 4.78 is 8.38. The summed E-state index contributed by atoms with van der Waals surface area (Å²) in [5.41, 5.74) is 2.19. The Labute approximate surface area is 136 Å². The van der Waals surface area contributed by atoms with Gasteiger partial charge in [-0.3, -0.25) is 0 Å². The molecule has 114 valence electrons. The first-order valence-corrected chi connectivity index (χ1v) is 8.27. The van der Waals surface area contributed by atoms with E-state index in [4.69, 9.17) is 9.72 Å². The number of ether oxygens (including phenoxy) is 1. The van der Waals surface area contributed by atoms with Crippen molar-refractivity contribution in [1.29, 1.82) is 0 Å². The monoisotopic (exact) mass is 360 g/mol. The first-order valence-electron chi connectivity index (χ1n) is 7.48. The van der Waals surface area contributed by atoms with Crippen LogP contribution in [-0.2, 0) is 11.8 Å². The van der Waals surface area contributed by atoms with Crippen LogP contribution in [0.3, 0.4) is 0 Å². The summed E-state index contributed by atoms with van der Waals surface area (Å²) in [5, 5.41) is 5.81. The van der Waals surface area contributed by atoms with Gasteiger partial charge in [-0.05, 0) is 25.0 Å². The van der Waals surface area contributed by atoms with Gasteiger partial charge in [-0.25, -0.2) is 9.67 Å². The molecule has 0 radical (unpaired) electrons. The van der Waals surface area contributed by atoms with Crippen molar-refractivity contribution in [3.63, 3.8) is 0 Å². The Kier molecular flexibility index (Phi) is 3.50. The number of benzene rings is 1. The Morgan fingerprint density at radius 2 is 2.14 bits per heavy atom. The van der Waals surface area contributed by atoms with E-state index >= 15 is 0 Å². The molecule has 1 N–H and O–H groups in total. The van der Waals surface area contributed by atoms with Gasteiger partial charge in [0, 0.05) is 53.3 Å². The minimum absolute atomic E-state index is 0.410. The molecule has 0 aliphatic carbocycles. The Morgan fingerprint density at radius 3 is 2.95 bits per heavy atom. The number of H-pyrrole nitrogens is 1. The van der Waals surface area contributed by atoms with E-state index in [9.17, 15) is 0 Å². The molecule has 1 aromatic carbocycles. The van der Waals surface area contributed by atoms with Gasteiger partial charge in [0.2, 0.25) is 0 Å². The molecule has 0 amide bonds. The highest BCUT2D eigenvalue weighted by Gasteiger charge is 2.22. The number of rotatable bonds is 2. The molecule has 0 atom stereocenters. The van der Waals surface area contributed by atoms with Crippen LogP contribution in [0.25, 0.3) is 22.3 Å². The lowest BCUT2D eigenvalue weighted by molar-refractivity contribution is 0.0836. The second-order valence-corrected chi connectivity index (χ2v) is 6.61. The summed E-state index contributed by atoms with van der Waals surface area (Å²) in [7, 11) is 1.96. The van der Waals surface area contributed by atoms with Crippen molar-refractivity contribution in [2.75, 3.05) is 13.2 Å². The van der Waals surface area contributed by atoms with Gasteiger partial charge in [-0.15, -0.1) is 0 Å². The van der Waals surface area contributed by atoms with E-state index < -0.39 is 0 Å². The lowest BCUT2D eigenvalue weighted by Crippen LogP contribution is -2.15. The zero-order valence-corrected chi connectivity index (χ0v) is 13.9. The van der Waals surface area contributed by atoms with E-state index in [0.717, 1.165) is 58.6 Å². The lowest BCUT2D eigenvalue weighted by Gasteiger charge is -2.18. The van der Waals surface area contributed by atoms with Crippen LogP contribution in [0.2, 0.25) is 0 Å². The van der Waals surface area contributed by atoms with Crippen molar-refractivity contribution < 1.29 is 4.74 Å². The molecule has 3 heterocycles. The fourth-order valence-corrected chi connectivity index (χ4v) is 3.41. The Morgan fingerprint density at radius 1 is 1.32 bits per heavy atom. The molecule has 0 spiro atoms. The van der Waals surface area contributed by atoms with E-state index in [2.05, 4.69) is 44.2 Å². The fourth-order valence-electron chi connectivity index (χ4n) is 3.05. The van der Waals surface area contributed by atoms with Crippen molar-refractivity contribution in [1.82, 2.24) is 19.7 Å². The minimum atomic E-state index is 0.410. The summed E-state index contributed by atoms with van der Waals surface area (Å²) in [6.45, 7) is 1.61. The van der Waals surface area contributed by atoms with Gasteiger partial charge in [0.15, 0.2) is 11.6 Å². The van der Waals surface area contributed by atoms with Gasteiger partial charge in [-0.2, -0.15) is 5.10 Å². The number of nitrogens with zero attached hydrogens (tertiary/aromatic N) is 3. The normalized spacial score (nSPS) is 16.5. The van der Waals surface area contributed by atoms with Crippen molar-refractivity contribution in [2.24, 2.45) is 7.05 Å². The molecule has 6 heteroatoms. The predicted octanol–water partition coefficient (Wildman–Crippen LogP) is 3.62. The molecule has 2 aromatic heterocycles. The topological polar surface area (TPSA) is 55.7 Å². The fraction of sp³-hybridized carbons (Fsp3) is 0.375. The number of nitrogens with one attached hydrogen (secondary N) is 1. The first-order chi connectivity index (χ1) is 10.7. The molecule has 0 unspecified atom stereocenters. The number of aromatic amines is 1. The van der Waals surface area contributed by atoms with Gasteiger partial charge in [0.1, 0.15) is 0 Å². The van der Waals surface area contributed by atoms with E-state index in [1.807, 2.05) is 17.9 Å². The summed E-state index contributed by atoms with van der Waals surface area (Å²) in [6, 6.07) is 6.23. The maximum absolute atomic E-state index is 5.43. The second-order valence-electron chi connectivity index (χ2n) is 5.70. The average molecular weight is 361 g/mol. The molecule has 3 aromatic rings. The van der Waals surface area contributed by atoms with Crippen LogP contribution >= 0.6 is 15.9 Å². The molecule has 1 aliphatic rings. The van der Waals surface area contributed by atoms with Crippen LogP contribution in [0.4, 0.5) is 0 Å². The lowest BCUT2D eigenvalue weighted by atomic mass is 10.00. The van der Waals surface area contributed by atoms with Crippen LogP contribution in [-0.4, -0.2) is 33.0 Å². The molecule has 1 fully saturated rings. The van der Waals surface area contributed by atoms with Crippen LogP contribution in [0.15, 0.2) is 28.9 Å². The highest BCUT2D eigenvalue weighted by molar-refractivity contribution is 9.10. The standard InChI is InChI=1S/C16H17BrN4O/c1-21-16(19-15(20-21)10-4-6-22-7-5-10)13-9-18-14-8-11(17)2-3-12(13)14/h2-3,8-10,18H,4-7H2,1H3. The number of aromatic nitrogens is 4. The Balaban J connectivity index is 1.76. The molecular weight excluding hydrogens is 344 g/mol. The first kappa shape index (κ1) is 14.0. The maximum Gasteiger partial charge on any atom is 0.160 e. The molecule has 4 rings (SSSR count). The molecule has 1 aliphatic heterocycles. The van der Waals surface area contributed by atoms with E-state index in [1.165, 1.54) is 0 Å². The number of hydrogen-bond donors (Lipinski definition) is 1. The third-order valence-electron chi connectivity index (χ3n) is 4.25. The van der Waals surface area contributed by atoms with Crippen molar-refractivity contribution in [3.8, 4) is 11.4 Å². The largest absolute Gasteiger partial charge is 0.381 e. The summed E-state index contributed by atoms with van der Waals surface area (Å²) in [6.07, 6.45) is 4.02. The third-order valence-corrected chi connectivity index (χ3v) is 4.74. The molecular formula is C16H17BrN4O. The van der Waals surface area contributed by atoms with Crippen molar-refractivity contribution in [2.45, 2.75) is 18.8 Å². The van der Waals surface area contributed by atoms with Gasteiger partial charge in [-0.1, -0.05) is 22.0 Å². The third kappa shape index (κ3) is 2.36. The van der Waals surface area contributed by atoms with Crippen molar-refractivity contribution >= 4 is 26.8 Å². The molecule has 0 bridgehead atoms. The summed E-state index contributed by atoms with van der Waals surface area (Å²) in [4.78, 5) is 8.13. The molecule has 5 nitrogen and oxygen atoms in total. The number of fused-ring (bicyclic) bond motifs is 1. The van der Waals surface area contributed by atoms with Crippen LogP contribution in [0, 0.1) is 0 Å². The zero-order chi connectivity index (χ0) is 15.1. The molecule has 0 saturated carbocycles. The second kappa shape index (κ2) is 5.52. The predicted molar refractivity (Wildman–Crippen MR) is 88.8 cm³/mol. The number of hydrogen-bond acceptors (Lipinski definition) is 3. The minimum Gasteiger partial charge on any atom is -0.381 e. The van der Waals surface area contributed by atoms with Crippen LogP contribution in [0.5, 0.6) is 0 Å². The van der Waals surface area contributed by atoms with E-state index in [0.29, 0.717) is 5.92 Å². The smallest absolute Gasteiger partial charge is 0.160 e.